The summed E-state index contributed by atoms with van der Waals surface area (Å²) in [5.74, 6) is -0.447. The van der Waals surface area contributed by atoms with Gasteiger partial charge >= 0.3 is 0 Å². The molecule has 1 amide bonds. The summed E-state index contributed by atoms with van der Waals surface area (Å²) in [7, 11) is 0. The number of imidazole rings is 1. The van der Waals surface area contributed by atoms with E-state index < -0.39 is 0 Å². The van der Waals surface area contributed by atoms with Gasteiger partial charge in [-0.1, -0.05) is 48.2 Å². The lowest BCUT2D eigenvalue weighted by Crippen LogP contribution is -2.14. The molecular formula is C21H17FN4OS. The van der Waals surface area contributed by atoms with Gasteiger partial charge in [-0.25, -0.2) is 14.4 Å². The van der Waals surface area contributed by atoms with Gasteiger partial charge in [-0.15, -0.1) is 0 Å². The maximum Gasteiger partial charge on any atom is 0.234 e. The van der Waals surface area contributed by atoms with Crippen LogP contribution < -0.4 is 5.32 Å². The normalized spacial score (nSPS) is 10.9. The number of thioether (sulfide) groups is 1. The highest BCUT2D eigenvalue weighted by atomic mass is 32.2. The van der Waals surface area contributed by atoms with E-state index in [1.54, 1.807) is 18.3 Å². The Bertz CT molecular complexity index is 1110. The fourth-order valence-electron chi connectivity index (χ4n) is 2.85. The Morgan fingerprint density at radius 3 is 2.75 bits per heavy atom. The first kappa shape index (κ1) is 18.2. The molecule has 0 bridgehead atoms. The number of rotatable bonds is 6. The van der Waals surface area contributed by atoms with E-state index in [4.69, 9.17) is 0 Å². The first-order valence-corrected chi connectivity index (χ1v) is 9.71. The molecule has 4 aromatic rings. The number of benzene rings is 2. The zero-order chi connectivity index (χ0) is 19.3. The van der Waals surface area contributed by atoms with E-state index in [2.05, 4.69) is 15.3 Å². The molecule has 0 aliphatic carbocycles. The van der Waals surface area contributed by atoms with Crippen LogP contribution in [-0.2, 0) is 11.3 Å². The highest BCUT2D eigenvalue weighted by Crippen LogP contribution is 2.24. The Hall–Kier alpha value is -3.19. The summed E-state index contributed by atoms with van der Waals surface area (Å²) < 4.78 is 15.3. The minimum atomic E-state index is -0.388. The highest BCUT2D eigenvalue weighted by Gasteiger charge is 2.14. The number of aromatic nitrogens is 3. The molecule has 0 unspecified atom stereocenters. The maximum atomic E-state index is 13.3. The summed E-state index contributed by atoms with van der Waals surface area (Å²) in [6.07, 6.45) is 1.73. The van der Waals surface area contributed by atoms with E-state index in [9.17, 15) is 9.18 Å². The largest absolute Gasteiger partial charge is 0.325 e. The molecule has 0 fully saturated rings. The lowest BCUT2D eigenvalue weighted by atomic mass is 10.2. The number of pyridine rings is 1. The van der Waals surface area contributed by atoms with Crippen molar-refractivity contribution in [1.82, 2.24) is 14.5 Å². The third-order valence-electron chi connectivity index (χ3n) is 4.09. The van der Waals surface area contributed by atoms with E-state index in [-0.39, 0.29) is 17.5 Å². The quantitative estimate of drug-likeness (QED) is 0.496. The third-order valence-corrected chi connectivity index (χ3v) is 5.07. The number of hydrogen-bond donors (Lipinski definition) is 1. The van der Waals surface area contributed by atoms with E-state index in [0.29, 0.717) is 17.4 Å². The molecular weight excluding hydrogens is 375 g/mol. The molecule has 0 atom stereocenters. The van der Waals surface area contributed by atoms with Gasteiger partial charge in [0.2, 0.25) is 5.91 Å². The lowest BCUT2D eigenvalue weighted by Gasteiger charge is -2.09. The average molecular weight is 392 g/mol. The fourth-order valence-corrected chi connectivity index (χ4v) is 3.65. The van der Waals surface area contributed by atoms with Crippen LogP contribution in [0.15, 0.2) is 78.1 Å². The molecule has 140 valence electrons. The van der Waals surface area contributed by atoms with Crippen LogP contribution in [0.25, 0.3) is 11.2 Å². The molecule has 0 radical (unpaired) electrons. The zero-order valence-electron chi connectivity index (χ0n) is 14.9. The van der Waals surface area contributed by atoms with E-state index >= 15 is 0 Å². The maximum absolute atomic E-state index is 13.3. The van der Waals surface area contributed by atoms with Crippen molar-refractivity contribution in [2.45, 2.75) is 11.7 Å². The Kier molecular flexibility index (Phi) is 5.34. The Morgan fingerprint density at radius 1 is 1.07 bits per heavy atom. The number of carbonyl (C=O) groups excluding carboxylic acids is 1. The van der Waals surface area contributed by atoms with Crippen molar-refractivity contribution < 1.29 is 9.18 Å². The standard InChI is InChI=1S/C21H17FN4OS/c22-16-8-4-9-17(12-16)24-19(27)14-28-21-25-18-10-5-11-23-20(18)26(21)13-15-6-2-1-3-7-15/h1-12H,13-14H2,(H,24,27). The SMILES string of the molecule is O=C(CSc1nc2cccnc2n1Cc1ccccc1)Nc1cccc(F)c1. The van der Waals surface area contributed by atoms with Crippen LogP contribution in [-0.4, -0.2) is 26.2 Å². The number of carbonyl (C=O) groups is 1. The van der Waals surface area contributed by atoms with Crippen LogP contribution >= 0.6 is 11.8 Å². The predicted molar refractivity (Wildman–Crippen MR) is 109 cm³/mol. The van der Waals surface area contributed by atoms with Crippen molar-refractivity contribution in [3.63, 3.8) is 0 Å². The molecule has 0 aliphatic rings. The third kappa shape index (κ3) is 4.20. The minimum absolute atomic E-state index is 0.161. The van der Waals surface area contributed by atoms with Crippen molar-refractivity contribution >= 4 is 34.5 Å². The number of halogens is 1. The number of nitrogens with one attached hydrogen (secondary N) is 1. The fraction of sp³-hybridized carbons (Fsp3) is 0.0952. The second kappa shape index (κ2) is 8.22. The molecule has 0 saturated carbocycles. The number of anilines is 1. The van der Waals surface area contributed by atoms with E-state index in [1.807, 2.05) is 47.0 Å². The number of hydrogen-bond acceptors (Lipinski definition) is 4. The Morgan fingerprint density at radius 2 is 1.93 bits per heavy atom. The summed E-state index contributed by atoms with van der Waals surface area (Å²) in [5.41, 5.74) is 3.12. The zero-order valence-corrected chi connectivity index (χ0v) is 15.7. The van der Waals surface area contributed by atoms with Crippen LogP contribution in [0.2, 0.25) is 0 Å². The number of nitrogens with zero attached hydrogens (tertiary/aromatic N) is 3. The molecule has 5 nitrogen and oxygen atoms in total. The summed E-state index contributed by atoms with van der Waals surface area (Å²) >= 11 is 1.33. The first-order chi connectivity index (χ1) is 13.7. The highest BCUT2D eigenvalue weighted by molar-refractivity contribution is 7.99. The average Bonchev–Trinajstić information content (AvgIpc) is 3.05. The molecule has 2 aromatic carbocycles. The summed E-state index contributed by atoms with van der Waals surface area (Å²) in [6, 6.07) is 19.6. The van der Waals surface area contributed by atoms with Crippen molar-refractivity contribution in [3.8, 4) is 0 Å². The molecule has 4 rings (SSSR count). The lowest BCUT2D eigenvalue weighted by molar-refractivity contribution is -0.113. The van der Waals surface area contributed by atoms with Gasteiger partial charge in [0, 0.05) is 11.9 Å². The smallest absolute Gasteiger partial charge is 0.234 e. The van der Waals surface area contributed by atoms with Crippen LogP contribution in [0.5, 0.6) is 0 Å². The molecule has 0 saturated heterocycles. The minimum Gasteiger partial charge on any atom is -0.325 e. The predicted octanol–water partition coefficient (Wildman–Crippen LogP) is 4.35. The van der Waals surface area contributed by atoms with Gasteiger partial charge in [-0.05, 0) is 35.9 Å². The Labute approximate surface area is 165 Å². The topological polar surface area (TPSA) is 59.8 Å². The molecule has 2 aromatic heterocycles. The second-order valence-corrected chi connectivity index (χ2v) is 7.10. The number of fused-ring (bicyclic) bond motifs is 1. The van der Waals surface area contributed by atoms with Crippen molar-refractivity contribution in [2.24, 2.45) is 0 Å². The van der Waals surface area contributed by atoms with Gasteiger partial charge in [0.15, 0.2) is 10.8 Å². The Balaban J connectivity index is 1.53. The number of amides is 1. The molecule has 0 spiro atoms. The van der Waals surface area contributed by atoms with E-state index in [0.717, 1.165) is 16.7 Å². The van der Waals surface area contributed by atoms with Crippen molar-refractivity contribution in [2.75, 3.05) is 11.1 Å². The van der Waals surface area contributed by atoms with Crippen molar-refractivity contribution in [1.29, 1.82) is 0 Å². The molecule has 2 heterocycles. The van der Waals surface area contributed by atoms with Gasteiger partial charge in [-0.3, -0.25) is 9.36 Å². The van der Waals surface area contributed by atoms with Gasteiger partial charge in [0.25, 0.3) is 0 Å². The molecule has 1 N–H and O–H groups in total. The molecule has 7 heteroatoms. The molecule has 0 aliphatic heterocycles. The summed E-state index contributed by atoms with van der Waals surface area (Å²) in [5, 5.41) is 3.42. The van der Waals surface area contributed by atoms with Crippen molar-refractivity contribution in [3.05, 3.63) is 84.3 Å². The van der Waals surface area contributed by atoms with Crippen LogP contribution in [0.4, 0.5) is 10.1 Å². The first-order valence-electron chi connectivity index (χ1n) is 8.72. The van der Waals surface area contributed by atoms with Crippen LogP contribution in [0.1, 0.15) is 5.56 Å². The summed E-state index contributed by atoms with van der Waals surface area (Å²) in [6.45, 7) is 0.613. The second-order valence-electron chi connectivity index (χ2n) is 6.16. The van der Waals surface area contributed by atoms with E-state index in [1.165, 1.54) is 23.9 Å². The van der Waals surface area contributed by atoms with Gasteiger partial charge in [0.1, 0.15) is 11.3 Å². The monoisotopic (exact) mass is 392 g/mol. The summed E-state index contributed by atoms with van der Waals surface area (Å²) in [4.78, 5) is 21.3. The van der Waals surface area contributed by atoms with Gasteiger partial charge in [0.05, 0.1) is 12.3 Å². The van der Waals surface area contributed by atoms with Crippen LogP contribution in [0, 0.1) is 5.82 Å². The van der Waals surface area contributed by atoms with Gasteiger partial charge in [-0.2, -0.15) is 0 Å². The van der Waals surface area contributed by atoms with Gasteiger partial charge < -0.3 is 5.32 Å². The molecule has 28 heavy (non-hydrogen) atoms. The van der Waals surface area contributed by atoms with Crippen LogP contribution in [0.3, 0.4) is 0 Å².